The fourth-order valence-corrected chi connectivity index (χ4v) is 10.3. The van der Waals surface area contributed by atoms with Crippen LogP contribution in [0.15, 0.2) is 170 Å². The molecule has 52 heavy (non-hydrogen) atoms. The van der Waals surface area contributed by atoms with E-state index in [1.807, 2.05) is 22.7 Å². The van der Waals surface area contributed by atoms with Gasteiger partial charge in [0, 0.05) is 65.1 Å². The highest BCUT2D eigenvalue weighted by Gasteiger charge is 2.21. The van der Waals surface area contributed by atoms with Crippen LogP contribution in [0, 0.1) is 13.8 Å². The third-order valence-corrected chi connectivity index (χ3v) is 12.6. The van der Waals surface area contributed by atoms with Crippen molar-refractivity contribution in [3.05, 3.63) is 181 Å². The Labute approximate surface area is 311 Å². The van der Waals surface area contributed by atoms with Gasteiger partial charge in [0.05, 0.1) is 9.40 Å². The molecule has 2 nitrogen and oxygen atoms in total. The highest BCUT2D eigenvalue weighted by atomic mass is 32.1. The first kappa shape index (κ1) is 30.8. The van der Waals surface area contributed by atoms with E-state index in [1.165, 1.54) is 62.2 Å². The fraction of sp³-hybridized carbons (Fsp3) is 0.0417. The SMILES string of the molecule is Cc1ccc(N(c2ccccc2)c2ccc3c(c2)sc2c4sc5cc(N(c6ccccc6)c6ccc(C)cc6)ccc5c4c4ccccc4c32)cc1. The van der Waals surface area contributed by atoms with Crippen molar-refractivity contribution in [3.8, 4) is 0 Å². The Balaban J connectivity index is 1.19. The largest absolute Gasteiger partial charge is 0.310 e. The summed E-state index contributed by atoms with van der Waals surface area (Å²) in [5.74, 6) is 0. The molecule has 0 amide bonds. The van der Waals surface area contributed by atoms with Crippen LogP contribution in [0.25, 0.3) is 51.1 Å². The average molecular weight is 703 g/mol. The maximum absolute atomic E-state index is 2.39. The second kappa shape index (κ2) is 12.4. The molecule has 0 saturated carbocycles. The molecule has 0 aliphatic rings. The van der Waals surface area contributed by atoms with Crippen LogP contribution in [0.4, 0.5) is 34.1 Å². The second-order valence-electron chi connectivity index (χ2n) is 13.5. The fourth-order valence-electron chi connectivity index (χ4n) is 7.66. The highest BCUT2D eigenvalue weighted by Crippen LogP contribution is 2.51. The lowest BCUT2D eigenvalue weighted by molar-refractivity contribution is 1.28. The molecule has 248 valence electrons. The van der Waals surface area contributed by atoms with E-state index >= 15 is 0 Å². The van der Waals surface area contributed by atoms with Crippen LogP contribution in [0.5, 0.6) is 0 Å². The standard InChI is InChI=1S/C48H34N2S2/c1-31-17-21-35(22-18-31)49(33-11-5-3-6-12-33)37-25-27-41-43(29-37)51-47-45(41)39-15-9-10-16-40(39)46-42-28-26-38(30-44(42)52-48(46)47)50(34-13-7-4-8-14-34)36-23-19-32(2)20-24-36/h3-30H,1-2H3. The average Bonchev–Trinajstić information content (AvgIpc) is 3.77. The van der Waals surface area contributed by atoms with Crippen molar-refractivity contribution in [3.63, 3.8) is 0 Å². The third-order valence-electron chi connectivity index (χ3n) is 10.1. The van der Waals surface area contributed by atoms with Gasteiger partial charge in [0.15, 0.2) is 0 Å². The summed E-state index contributed by atoms with van der Waals surface area (Å²) in [5.41, 5.74) is 9.43. The van der Waals surface area contributed by atoms with Crippen LogP contribution >= 0.6 is 22.7 Å². The van der Waals surface area contributed by atoms with Crippen molar-refractivity contribution < 1.29 is 0 Å². The molecule has 10 aromatic rings. The summed E-state index contributed by atoms with van der Waals surface area (Å²) in [6.45, 7) is 4.28. The number of anilines is 6. The Hall–Kier alpha value is -5.94. The Morgan fingerprint density at radius 2 is 0.673 bits per heavy atom. The van der Waals surface area contributed by atoms with E-state index in [4.69, 9.17) is 0 Å². The summed E-state index contributed by atoms with van der Waals surface area (Å²) in [4.78, 5) is 4.73. The topological polar surface area (TPSA) is 6.48 Å². The van der Waals surface area contributed by atoms with Gasteiger partial charge in [-0.15, -0.1) is 22.7 Å². The minimum Gasteiger partial charge on any atom is -0.310 e. The predicted molar refractivity (Wildman–Crippen MR) is 229 cm³/mol. The minimum absolute atomic E-state index is 1.15. The van der Waals surface area contributed by atoms with Gasteiger partial charge < -0.3 is 9.80 Å². The number of para-hydroxylation sites is 2. The molecule has 0 N–H and O–H groups in total. The summed E-state index contributed by atoms with van der Waals surface area (Å²) in [7, 11) is 0. The zero-order valence-corrected chi connectivity index (χ0v) is 30.5. The molecule has 0 fully saturated rings. The number of thiophene rings is 2. The van der Waals surface area contributed by atoms with Crippen molar-refractivity contribution in [1.29, 1.82) is 0 Å². The Kier molecular flexibility index (Phi) is 7.34. The minimum atomic E-state index is 1.15. The van der Waals surface area contributed by atoms with Gasteiger partial charge in [-0.25, -0.2) is 0 Å². The number of benzene rings is 8. The van der Waals surface area contributed by atoms with Gasteiger partial charge in [-0.1, -0.05) is 108 Å². The molecule has 10 rings (SSSR count). The van der Waals surface area contributed by atoms with E-state index in [2.05, 4.69) is 194 Å². The summed E-state index contributed by atoms with van der Waals surface area (Å²) in [5, 5.41) is 7.97. The summed E-state index contributed by atoms with van der Waals surface area (Å²) < 4.78 is 5.32. The van der Waals surface area contributed by atoms with Gasteiger partial charge in [-0.05, 0) is 97.4 Å². The zero-order chi connectivity index (χ0) is 34.8. The molecule has 2 heterocycles. The maximum atomic E-state index is 2.39. The number of hydrogen-bond acceptors (Lipinski definition) is 4. The van der Waals surface area contributed by atoms with Crippen molar-refractivity contribution in [2.75, 3.05) is 9.80 Å². The molecule has 0 saturated heterocycles. The van der Waals surface area contributed by atoms with Crippen molar-refractivity contribution >= 4 is 108 Å². The molecule has 4 heteroatoms. The lowest BCUT2D eigenvalue weighted by atomic mass is 9.99. The number of fused-ring (bicyclic) bond motifs is 10. The first-order valence-corrected chi connectivity index (χ1v) is 19.3. The van der Waals surface area contributed by atoms with E-state index in [1.54, 1.807) is 0 Å². The van der Waals surface area contributed by atoms with Gasteiger partial charge in [-0.2, -0.15) is 0 Å². The maximum Gasteiger partial charge on any atom is 0.0540 e. The lowest BCUT2D eigenvalue weighted by Gasteiger charge is -2.25. The van der Waals surface area contributed by atoms with E-state index in [9.17, 15) is 0 Å². The van der Waals surface area contributed by atoms with Crippen LogP contribution in [-0.2, 0) is 0 Å². The lowest BCUT2D eigenvalue weighted by Crippen LogP contribution is -2.09. The van der Waals surface area contributed by atoms with Gasteiger partial charge in [-0.3, -0.25) is 0 Å². The molecule has 8 aromatic carbocycles. The number of aryl methyl sites for hydroxylation is 2. The second-order valence-corrected chi connectivity index (χ2v) is 15.6. The van der Waals surface area contributed by atoms with Crippen LogP contribution in [0.2, 0.25) is 0 Å². The molecule has 0 spiro atoms. The smallest absolute Gasteiger partial charge is 0.0540 e. The monoisotopic (exact) mass is 702 g/mol. The van der Waals surface area contributed by atoms with Crippen molar-refractivity contribution in [1.82, 2.24) is 0 Å². The molecular formula is C48H34N2S2. The van der Waals surface area contributed by atoms with E-state index in [-0.39, 0.29) is 0 Å². The van der Waals surface area contributed by atoms with Crippen LogP contribution < -0.4 is 9.80 Å². The molecular weight excluding hydrogens is 669 g/mol. The number of hydrogen-bond donors (Lipinski definition) is 0. The molecule has 0 radical (unpaired) electrons. The predicted octanol–water partition coefficient (Wildman–Crippen LogP) is 15.1. The summed E-state index contributed by atoms with van der Waals surface area (Å²) >= 11 is 3.85. The van der Waals surface area contributed by atoms with Crippen molar-refractivity contribution in [2.24, 2.45) is 0 Å². The number of rotatable bonds is 6. The first-order valence-electron chi connectivity index (χ1n) is 17.7. The molecule has 0 unspecified atom stereocenters. The molecule has 0 aliphatic heterocycles. The van der Waals surface area contributed by atoms with Crippen LogP contribution in [0.1, 0.15) is 11.1 Å². The van der Waals surface area contributed by atoms with Gasteiger partial charge >= 0.3 is 0 Å². The normalized spacial score (nSPS) is 11.7. The summed E-state index contributed by atoms with van der Waals surface area (Å²) in [6.07, 6.45) is 0. The van der Waals surface area contributed by atoms with E-state index in [0.717, 1.165) is 34.1 Å². The quantitative estimate of drug-likeness (QED) is 0.170. The van der Waals surface area contributed by atoms with E-state index < -0.39 is 0 Å². The van der Waals surface area contributed by atoms with Crippen molar-refractivity contribution in [2.45, 2.75) is 13.8 Å². The van der Waals surface area contributed by atoms with E-state index in [0.29, 0.717) is 0 Å². The first-order chi connectivity index (χ1) is 25.6. The Bertz CT molecular complexity index is 2700. The van der Waals surface area contributed by atoms with Crippen LogP contribution in [0.3, 0.4) is 0 Å². The molecule has 0 atom stereocenters. The summed E-state index contributed by atoms with van der Waals surface area (Å²) in [6, 6.07) is 62.1. The Morgan fingerprint density at radius 3 is 1.08 bits per heavy atom. The van der Waals surface area contributed by atoms with Gasteiger partial charge in [0.1, 0.15) is 0 Å². The Morgan fingerprint density at radius 1 is 0.327 bits per heavy atom. The molecule has 2 aromatic heterocycles. The van der Waals surface area contributed by atoms with Crippen LogP contribution in [-0.4, -0.2) is 0 Å². The molecule has 0 aliphatic carbocycles. The third kappa shape index (κ3) is 5.06. The molecule has 0 bridgehead atoms. The zero-order valence-electron chi connectivity index (χ0n) is 28.9. The van der Waals surface area contributed by atoms with Gasteiger partial charge in [0.25, 0.3) is 0 Å². The number of nitrogens with zero attached hydrogens (tertiary/aromatic N) is 2. The highest BCUT2D eigenvalue weighted by molar-refractivity contribution is 7.33. The van der Waals surface area contributed by atoms with Gasteiger partial charge in [0.2, 0.25) is 0 Å².